The van der Waals surface area contributed by atoms with Crippen molar-refractivity contribution in [3.63, 3.8) is 0 Å². The molecule has 0 aromatic heterocycles. The minimum absolute atomic E-state index is 0.206. The lowest BCUT2D eigenvalue weighted by molar-refractivity contribution is 0.596. The van der Waals surface area contributed by atoms with E-state index in [1.165, 1.54) is 42.2 Å². The summed E-state index contributed by atoms with van der Waals surface area (Å²) in [5.74, 6) is 0.206. The second-order valence-corrected chi connectivity index (χ2v) is 7.02. The van der Waals surface area contributed by atoms with Crippen molar-refractivity contribution in [3.05, 3.63) is 34.9 Å². The van der Waals surface area contributed by atoms with E-state index in [2.05, 4.69) is 23.5 Å². The topological polar surface area (TPSA) is 46.2 Å². The Hall–Kier alpha value is -0.870. The molecule has 1 aromatic carbocycles. The van der Waals surface area contributed by atoms with Crippen LogP contribution in [-0.2, 0) is 29.2 Å². The summed E-state index contributed by atoms with van der Waals surface area (Å²) in [5.41, 5.74) is 4.19. The first-order chi connectivity index (χ1) is 8.04. The van der Waals surface area contributed by atoms with Crippen molar-refractivity contribution in [2.24, 2.45) is 0 Å². The van der Waals surface area contributed by atoms with Crippen molar-refractivity contribution < 1.29 is 8.42 Å². The molecule has 0 unspecified atom stereocenters. The van der Waals surface area contributed by atoms with Crippen LogP contribution in [0, 0.1) is 0 Å². The zero-order chi connectivity index (χ0) is 12.3. The van der Waals surface area contributed by atoms with Gasteiger partial charge in [-0.1, -0.05) is 18.2 Å². The van der Waals surface area contributed by atoms with E-state index >= 15 is 0 Å². The van der Waals surface area contributed by atoms with Crippen LogP contribution < -0.4 is 5.32 Å². The van der Waals surface area contributed by atoms with Crippen LogP contribution in [0.3, 0.4) is 0 Å². The molecule has 0 aliphatic heterocycles. The number of nitrogens with one attached hydrogen (secondary N) is 1. The molecule has 94 valence electrons. The van der Waals surface area contributed by atoms with E-state index in [1.54, 1.807) is 0 Å². The molecule has 0 heterocycles. The zero-order valence-corrected chi connectivity index (χ0v) is 11.0. The number of fused-ring (bicyclic) bond motifs is 1. The van der Waals surface area contributed by atoms with Crippen LogP contribution in [-0.4, -0.2) is 27.0 Å². The lowest BCUT2D eigenvalue weighted by atomic mass is 10.1. The molecule has 0 saturated heterocycles. The molecule has 0 atom stereocenters. The van der Waals surface area contributed by atoms with Crippen molar-refractivity contribution in [3.8, 4) is 0 Å². The summed E-state index contributed by atoms with van der Waals surface area (Å²) in [5, 5.41) is 3.17. The third-order valence-electron chi connectivity index (χ3n) is 3.14. The fourth-order valence-corrected chi connectivity index (χ4v) is 2.74. The number of sulfone groups is 1. The number of aryl methyl sites for hydroxylation is 2. The molecule has 2 rings (SSSR count). The van der Waals surface area contributed by atoms with Gasteiger partial charge in [0.05, 0.1) is 5.75 Å². The normalized spacial score (nSPS) is 14.9. The zero-order valence-electron chi connectivity index (χ0n) is 10.2. The Bertz CT molecular complexity index is 494. The van der Waals surface area contributed by atoms with Crippen LogP contribution in [0.4, 0.5) is 0 Å². The third kappa shape index (κ3) is 3.82. The summed E-state index contributed by atoms with van der Waals surface area (Å²) in [6, 6.07) is 6.59. The van der Waals surface area contributed by atoms with E-state index in [4.69, 9.17) is 0 Å². The second kappa shape index (κ2) is 5.19. The van der Waals surface area contributed by atoms with Gasteiger partial charge in [-0.15, -0.1) is 0 Å². The molecule has 4 heteroatoms. The van der Waals surface area contributed by atoms with Crippen molar-refractivity contribution in [2.45, 2.75) is 25.8 Å². The van der Waals surface area contributed by atoms with Crippen molar-refractivity contribution in [1.29, 1.82) is 0 Å². The van der Waals surface area contributed by atoms with Crippen molar-refractivity contribution >= 4 is 9.84 Å². The highest BCUT2D eigenvalue weighted by atomic mass is 32.2. The number of rotatable bonds is 5. The molecule has 1 aliphatic rings. The predicted octanol–water partition coefficient (Wildman–Crippen LogP) is 1.31. The average molecular weight is 253 g/mol. The van der Waals surface area contributed by atoms with Gasteiger partial charge in [0.15, 0.2) is 0 Å². The lowest BCUT2D eigenvalue weighted by Gasteiger charge is -2.06. The van der Waals surface area contributed by atoms with E-state index in [-0.39, 0.29) is 5.75 Å². The van der Waals surface area contributed by atoms with Crippen LogP contribution in [0.5, 0.6) is 0 Å². The quantitative estimate of drug-likeness (QED) is 0.805. The van der Waals surface area contributed by atoms with E-state index in [1.807, 2.05) is 0 Å². The van der Waals surface area contributed by atoms with E-state index in [9.17, 15) is 8.42 Å². The molecular weight excluding hydrogens is 234 g/mol. The van der Waals surface area contributed by atoms with Gasteiger partial charge in [-0.2, -0.15) is 0 Å². The van der Waals surface area contributed by atoms with E-state index in [0.29, 0.717) is 6.54 Å². The van der Waals surface area contributed by atoms with Gasteiger partial charge in [-0.05, 0) is 36.0 Å². The molecule has 1 N–H and O–H groups in total. The minimum atomic E-state index is -2.85. The van der Waals surface area contributed by atoms with Gasteiger partial charge >= 0.3 is 0 Å². The van der Waals surface area contributed by atoms with Crippen LogP contribution in [0.1, 0.15) is 23.1 Å². The fraction of sp³-hybridized carbons (Fsp3) is 0.538. The Labute approximate surface area is 103 Å². The minimum Gasteiger partial charge on any atom is -0.312 e. The van der Waals surface area contributed by atoms with Gasteiger partial charge in [-0.25, -0.2) is 8.42 Å². The van der Waals surface area contributed by atoms with Crippen LogP contribution in [0.15, 0.2) is 18.2 Å². The average Bonchev–Trinajstić information content (AvgIpc) is 2.70. The Kier molecular flexibility index (Phi) is 3.84. The number of hydrogen-bond donors (Lipinski definition) is 1. The van der Waals surface area contributed by atoms with Crippen molar-refractivity contribution in [2.75, 3.05) is 18.6 Å². The van der Waals surface area contributed by atoms with Gasteiger partial charge in [0.1, 0.15) is 9.84 Å². The first-order valence-electron chi connectivity index (χ1n) is 6.04. The summed E-state index contributed by atoms with van der Waals surface area (Å²) in [6.07, 6.45) is 4.92. The van der Waals surface area contributed by atoms with Crippen LogP contribution in [0.2, 0.25) is 0 Å². The second-order valence-electron chi connectivity index (χ2n) is 4.76. The Morgan fingerprint density at radius 3 is 2.76 bits per heavy atom. The summed E-state index contributed by atoms with van der Waals surface area (Å²) >= 11 is 0. The third-order valence-corrected chi connectivity index (χ3v) is 4.09. The smallest absolute Gasteiger partial charge is 0.148 e. The molecule has 0 radical (unpaired) electrons. The largest absolute Gasteiger partial charge is 0.312 e. The maximum atomic E-state index is 11.0. The van der Waals surface area contributed by atoms with Crippen molar-refractivity contribution in [1.82, 2.24) is 5.32 Å². The number of hydrogen-bond acceptors (Lipinski definition) is 3. The molecule has 0 spiro atoms. The summed E-state index contributed by atoms with van der Waals surface area (Å²) in [6.45, 7) is 1.28. The summed E-state index contributed by atoms with van der Waals surface area (Å²) in [7, 11) is -2.85. The van der Waals surface area contributed by atoms with Gasteiger partial charge in [0.25, 0.3) is 0 Å². The highest BCUT2D eigenvalue weighted by molar-refractivity contribution is 7.90. The van der Waals surface area contributed by atoms with Crippen LogP contribution >= 0.6 is 0 Å². The Morgan fingerprint density at radius 2 is 2.00 bits per heavy atom. The maximum Gasteiger partial charge on any atom is 0.148 e. The molecule has 1 aromatic rings. The Balaban J connectivity index is 1.84. The molecule has 17 heavy (non-hydrogen) atoms. The summed E-state index contributed by atoms with van der Waals surface area (Å²) < 4.78 is 21.9. The fourth-order valence-electron chi connectivity index (χ4n) is 2.23. The number of benzene rings is 1. The molecule has 0 amide bonds. The lowest BCUT2D eigenvalue weighted by Crippen LogP contribution is -2.21. The SMILES string of the molecule is CS(=O)(=O)CCNCc1ccc2c(c1)CCC2. The highest BCUT2D eigenvalue weighted by Gasteiger charge is 2.10. The molecular formula is C13H19NO2S. The molecule has 0 bridgehead atoms. The first kappa shape index (κ1) is 12.6. The molecule has 0 saturated carbocycles. The standard InChI is InChI=1S/C13H19NO2S/c1-17(15,16)8-7-14-10-11-5-6-12-3-2-4-13(12)9-11/h5-6,9,14H,2-4,7-8,10H2,1H3. The molecule has 0 fully saturated rings. The van der Waals surface area contributed by atoms with Gasteiger partial charge < -0.3 is 5.32 Å². The summed E-state index contributed by atoms with van der Waals surface area (Å²) in [4.78, 5) is 0. The molecule has 1 aliphatic carbocycles. The van der Waals surface area contributed by atoms with Gasteiger partial charge in [0.2, 0.25) is 0 Å². The van der Waals surface area contributed by atoms with Crippen LogP contribution in [0.25, 0.3) is 0 Å². The Morgan fingerprint density at radius 1 is 1.24 bits per heavy atom. The highest BCUT2D eigenvalue weighted by Crippen LogP contribution is 2.22. The maximum absolute atomic E-state index is 11.0. The van der Waals surface area contributed by atoms with Gasteiger partial charge in [0, 0.05) is 19.3 Å². The first-order valence-corrected chi connectivity index (χ1v) is 8.10. The van der Waals surface area contributed by atoms with Gasteiger partial charge in [-0.3, -0.25) is 0 Å². The monoisotopic (exact) mass is 253 g/mol. The van der Waals surface area contributed by atoms with E-state index in [0.717, 1.165) is 6.54 Å². The predicted molar refractivity (Wildman–Crippen MR) is 69.9 cm³/mol. The molecule has 3 nitrogen and oxygen atoms in total. The van der Waals surface area contributed by atoms with E-state index < -0.39 is 9.84 Å².